The Hall–Kier alpha value is -3.26. The van der Waals surface area contributed by atoms with Crippen LogP contribution in [0.15, 0.2) is 42.7 Å². The van der Waals surface area contributed by atoms with Crippen LogP contribution in [0.2, 0.25) is 0 Å². The zero-order chi connectivity index (χ0) is 26.1. The molecule has 0 spiro atoms. The van der Waals surface area contributed by atoms with Crippen molar-refractivity contribution in [3.63, 3.8) is 0 Å². The number of amides is 2. The number of benzene rings is 1. The van der Waals surface area contributed by atoms with Gasteiger partial charge in [0.25, 0.3) is 5.91 Å². The van der Waals surface area contributed by atoms with E-state index in [2.05, 4.69) is 15.2 Å². The van der Waals surface area contributed by atoms with Gasteiger partial charge in [-0.1, -0.05) is 39.2 Å². The van der Waals surface area contributed by atoms with Crippen LogP contribution in [0.25, 0.3) is 0 Å². The van der Waals surface area contributed by atoms with Crippen LogP contribution in [-0.4, -0.2) is 51.9 Å². The minimum absolute atomic E-state index is 0.0323. The number of nitrogens with zero attached hydrogens (tertiary/aromatic N) is 3. The normalized spacial score (nSPS) is 16.4. The lowest BCUT2D eigenvalue weighted by Crippen LogP contribution is -2.44. The molecule has 1 aliphatic rings. The number of carbonyl (C=O) groups is 3. The molecular weight excluding hydrogens is 456 g/mol. The number of fused-ring (bicyclic) bond motifs is 1. The maximum absolute atomic E-state index is 13.0. The van der Waals surface area contributed by atoms with Gasteiger partial charge in [-0.25, -0.2) is 4.79 Å². The van der Waals surface area contributed by atoms with E-state index in [-0.39, 0.29) is 11.8 Å². The van der Waals surface area contributed by atoms with Crippen molar-refractivity contribution in [2.75, 3.05) is 18.0 Å². The topological polar surface area (TPSA) is 103 Å². The highest BCUT2D eigenvalue weighted by molar-refractivity contribution is 5.98. The molecule has 2 heterocycles. The number of aromatic nitrogens is 1. The Morgan fingerprint density at radius 3 is 2.42 bits per heavy atom. The molecule has 36 heavy (non-hydrogen) atoms. The first kappa shape index (κ1) is 27.3. The first-order valence-corrected chi connectivity index (χ1v) is 12.8. The Bertz CT molecular complexity index is 1040. The van der Waals surface area contributed by atoms with Crippen molar-refractivity contribution in [3.8, 4) is 0 Å². The number of aliphatic carboxylic acids is 1. The molecule has 1 aliphatic heterocycles. The molecule has 0 saturated carbocycles. The molecule has 1 aromatic carbocycles. The summed E-state index contributed by atoms with van der Waals surface area (Å²) < 4.78 is 0. The first-order chi connectivity index (χ1) is 17.3. The van der Waals surface area contributed by atoms with Crippen molar-refractivity contribution in [1.29, 1.82) is 0 Å². The predicted molar refractivity (Wildman–Crippen MR) is 140 cm³/mol. The predicted octanol–water partition coefficient (Wildman–Crippen LogP) is 4.24. The minimum Gasteiger partial charge on any atom is -0.480 e. The lowest BCUT2D eigenvalue weighted by Gasteiger charge is -2.29. The molecule has 194 valence electrons. The van der Waals surface area contributed by atoms with Crippen LogP contribution in [0, 0.1) is 5.92 Å². The molecule has 0 unspecified atom stereocenters. The van der Waals surface area contributed by atoms with E-state index >= 15 is 0 Å². The average Bonchev–Trinajstić information content (AvgIpc) is 2.83. The van der Waals surface area contributed by atoms with Crippen LogP contribution in [0.3, 0.4) is 0 Å². The summed E-state index contributed by atoms with van der Waals surface area (Å²) >= 11 is 0. The number of hydrogen-bond donors (Lipinski definition) is 2. The van der Waals surface area contributed by atoms with Crippen LogP contribution >= 0.6 is 0 Å². The first-order valence-electron chi connectivity index (χ1n) is 12.8. The average molecular weight is 495 g/mol. The van der Waals surface area contributed by atoms with E-state index in [1.165, 1.54) is 0 Å². The van der Waals surface area contributed by atoms with Gasteiger partial charge in [-0.3, -0.25) is 19.5 Å². The molecule has 1 aromatic heterocycles. The van der Waals surface area contributed by atoms with Gasteiger partial charge in [0.05, 0.1) is 0 Å². The molecule has 0 bridgehead atoms. The van der Waals surface area contributed by atoms with Crippen molar-refractivity contribution >= 4 is 23.5 Å². The smallest absolute Gasteiger partial charge is 0.326 e. The Balaban J connectivity index is 1.97. The van der Waals surface area contributed by atoms with Crippen molar-refractivity contribution in [2.45, 2.75) is 72.0 Å². The Morgan fingerprint density at radius 1 is 1.06 bits per heavy atom. The van der Waals surface area contributed by atoms with Gasteiger partial charge >= 0.3 is 5.97 Å². The van der Waals surface area contributed by atoms with Crippen LogP contribution in [-0.2, 0) is 22.7 Å². The molecule has 0 aliphatic carbocycles. The zero-order valence-electron chi connectivity index (χ0n) is 21.6. The van der Waals surface area contributed by atoms with Gasteiger partial charge in [0.2, 0.25) is 5.91 Å². The summed E-state index contributed by atoms with van der Waals surface area (Å²) in [7, 11) is 0. The largest absolute Gasteiger partial charge is 0.480 e. The number of hydrogen-bond acceptors (Lipinski definition) is 5. The van der Waals surface area contributed by atoms with Gasteiger partial charge in [0.15, 0.2) is 0 Å². The van der Waals surface area contributed by atoms with E-state index in [4.69, 9.17) is 0 Å². The number of carboxylic acids is 1. The van der Waals surface area contributed by atoms with Crippen molar-refractivity contribution in [3.05, 3.63) is 59.4 Å². The van der Waals surface area contributed by atoms with Gasteiger partial charge in [-0.05, 0) is 60.7 Å². The highest BCUT2D eigenvalue weighted by Gasteiger charge is 2.25. The second kappa shape index (κ2) is 13.2. The molecule has 8 nitrogen and oxygen atoms in total. The quantitative estimate of drug-likeness (QED) is 0.623. The van der Waals surface area contributed by atoms with Crippen molar-refractivity contribution in [2.24, 2.45) is 5.92 Å². The lowest BCUT2D eigenvalue weighted by atomic mass is 10.0. The number of carbonyl (C=O) groups excluding carboxylic acids is 2. The highest BCUT2D eigenvalue weighted by Crippen LogP contribution is 2.27. The molecule has 0 radical (unpaired) electrons. The molecule has 2 aromatic rings. The summed E-state index contributed by atoms with van der Waals surface area (Å²) in [5.41, 5.74) is 3.16. The minimum atomic E-state index is -1.06. The summed E-state index contributed by atoms with van der Waals surface area (Å²) in [6, 6.07) is 8.31. The highest BCUT2D eigenvalue weighted by atomic mass is 16.4. The van der Waals surface area contributed by atoms with Crippen LogP contribution in [0.1, 0.15) is 74.4 Å². The maximum Gasteiger partial charge on any atom is 0.326 e. The third-order valence-electron chi connectivity index (χ3n) is 6.61. The van der Waals surface area contributed by atoms with Gasteiger partial charge in [-0.15, -0.1) is 0 Å². The summed E-state index contributed by atoms with van der Waals surface area (Å²) in [6.45, 7) is 7.88. The zero-order valence-corrected chi connectivity index (χ0v) is 21.6. The van der Waals surface area contributed by atoms with E-state index in [0.717, 1.165) is 55.5 Å². The van der Waals surface area contributed by atoms with E-state index in [1.807, 2.05) is 30.5 Å². The summed E-state index contributed by atoms with van der Waals surface area (Å²) in [6.07, 6.45) is 8.95. The number of nitrogens with one attached hydrogen (secondary N) is 1. The van der Waals surface area contributed by atoms with Crippen molar-refractivity contribution < 1.29 is 19.5 Å². The molecule has 2 amide bonds. The Morgan fingerprint density at radius 2 is 1.78 bits per heavy atom. The fourth-order valence-electron chi connectivity index (χ4n) is 4.64. The van der Waals surface area contributed by atoms with E-state index in [0.29, 0.717) is 25.2 Å². The summed E-state index contributed by atoms with van der Waals surface area (Å²) in [5.74, 6) is -1.78. The molecule has 1 atom stereocenters. The van der Waals surface area contributed by atoms with Crippen LogP contribution in [0.4, 0.5) is 5.69 Å². The van der Waals surface area contributed by atoms with Gasteiger partial charge in [0, 0.05) is 50.2 Å². The number of carboxylic acid groups (broad SMARTS) is 1. The van der Waals surface area contributed by atoms with Gasteiger partial charge in [-0.2, -0.15) is 0 Å². The second-order valence-electron chi connectivity index (χ2n) is 9.89. The summed E-state index contributed by atoms with van der Waals surface area (Å²) in [5, 5.41) is 12.2. The van der Waals surface area contributed by atoms with Gasteiger partial charge in [0.1, 0.15) is 6.04 Å². The molecular formula is C28H38N4O4. The Labute approximate surface area is 213 Å². The SMILES string of the molecule is CC(=O)N1CCCCCCCN(Cc2cccnc2)Cc2cc(C(=O)N[C@H](C(=O)O)C(C)C)ccc21. The monoisotopic (exact) mass is 494 g/mol. The third kappa shape index (κ3) is 7.62. The van der Waals surface area contributed by atoms with Crippen LogP contribution in [0.5, 0.6) is 0 Å². The molecule has 0 fully saturated rings. The van der Waals surface area contributed by atoms with Crippen molar-refractivity contribution in [1.82, 2.24) is 15.2 Å². The number of pyridine rings is 1. The standard InChI is InChI=1S/C28H38N4O4/c1-20(2)26(28(35)36)30-27(34)23-11-12-25-24(16-23)19-31(18-22-10-9-13-29-17-22)14-7-5-4-6-8-15-32(25)21(3)33/h9-13,16-17,20,26H,4-8,14-15,18-19H2,1-3H3,(H,30,34)(H,35,36)/t26-/m0/s1. The Kier molecular flexibility index (Phi) is 9.99. The molecule has 0 saturated heterocycles. The van der Waals surface area contributed by atoms with Gasteiger partial charge < -0.3 is 15.3 Å². The molecule has 3 rings (SSSR count). The van der Waals surface area contributed by atoms with E-state index < -0.39 is 17.9 Å². The second-order valence-corrected chi connectivity index (χ2v) is 9.89. The van der Waals surface area contributed by atoms with E-state index in [9.17, 15) is 19.5 Å². The lowest BCUT2D eigenvalue weighted by molar-refractivity contribution is -0.140. The van der Waals surface area contributed by atoms with Crippen LogP contribution < -0.4 is 10.2 Å². The fraction of sp³-hybridized carbons (Fsp3) is 0.500. The number of rotatable bonds is 6. The van der Waals surface area contributed by atoms with E-state index in [1.54, 1.807) is 37.9 Å². The number of anilines is 1. The maximum atomic E-state index is 13.0. The third-order valence-corrected chi connectivity index (χ3v) is 6.61. The summed E-state index contributed by atoms with van der Waals surface area (Å²) in [4.78, 5) is 45.7. The molecule has 2 N–H and O–H groups in total. The molecule has 8 heteroatoms. The fourth-order valence-corrected chi connectivity index (χ4v) is 4.64.